The van der Waals surface area contributed by atoms with Gasteiger partial charge in [-0.3, -0.25) is 0 Å². The number of ether oxygens (including phenoxy) is 2. The summed E-state index contributed by atoms with van der Waals surface area (Å²) >= 11 is 12.1. The molecule has 0 saturated carbocycles. The maximum absolute atomic E-state index is 6.24. The topological polar surface area (TPSA) is 44.2 Å². The minimum Gasteiger partial charge on any atom is -0.477 e. The molecule has 0 radical (unpaired) electrons. The average Bonchev–Trinajstić information content (AvgIpc) is 2.98. The standard InChI is InChI=1S/C14H14Cl2N2O2/c15-6-12-17-11-3-1-2-10(16)13(11)14(18-12)20-8-9-4-5-19-7-9/h1-3,9H,4-8H2. The van der Waals surface area contributed by atoms with Gasteiger partial charge in [-0.15, -0.1) is 11.6 Å². The van der Waals surface area contributed by atoms with Crippen molar-refractivity contribution in [3.8, 4) is 5.88 Å². The number of nitrogens with zero attached hydrogens (tertiary/aromatic N) is 2. The highest BCUT2D eigenvalue weighted by molar-refractivity contribution is 6.35. The van der Waals surface area contributed by atoms with Gasteiger partial charge in [0.05, 0.1) is 35.0 Å². The zero-order chi connectivity index (χ0) is 13.9. The van der Waals surface area contributed by atoms with E-state index in [-0.39, 0.29) is 5.88 Å². The van der Waals surface area contributed by atoms with E-state index in [0.29, 0.717) is 29.3 Å². The fourth-order valence-corrected chi connectivity index (χ4v) is 2.60. The van der Waals surface area contributed by atoms with Gasteiger partial charge in [0.1, 0.15) is 5.82 Å². The number of hydrogen-bond donors (Lipinski definition) is 0. The van der Waals surface area contributed by atoms with Crippen molar-refractivity contribution < 1.29 is 9.47 Å². The van der Waals surface area contributed by atoms with Crippen molar-refractivity contribution in [3.63, 3.8) is 0 Å². The lowest BCUT2D eigenvalue weighted by atomic mass is 10.1. The van der Waals surface area contributed by atoms with E-state index in [1.165, 1.54) is 0 Å². The first-order valence-electron chi connectivity index (χ1n) is 6.49. The van der Waals surface area contributed by atoms with Crippen LogP contribution in [0.25, 0.3) is 10.9 Å². The van der Waals surface area contributed by atoms with Crippen molar-refractivity contribution in [2.45, 2.75) is 12.3 Å². The Hall–Kier alpha value is -1.10. The van der Waals surface area contributed by atoms with Crippen LogP contribution in [0.15, 0.2) is 18.2 Å². The quantitative estimate of drug-likeness (QED) is 0.811. The summed E-state index contributed by atoms with van der Waals surface area (Å²) in [6.07, 6.45) is 1.01. The van der Waals surface area contributed by atoms with Crippen molar-refractivity contribution in [1.82, 2.24) is 9.97 Å². The molecule has 20 heavy (non-hydrogen) atoms. The van der Waals surface area contributed by atoms with E-state index < -0.39 is 0 Å². The van der Waals surface area contributed by atoms with Gasteiger partial charge in [-0.05, 0) is 18.6 Å². The number of benzene rings is 1. The van der Waals surface area contributed by atoms with Gasteiger partial charge in [-0.2, -0.15) is 4.98 Å². The summed E-state index contributed by atoms with van der Waals surface area (Å²) in [7, 11) is 0. The lowest BCUT2D eigenvalue weighted by Crippen LogP contribution is -2.13. The molecule has 0 amide bonds. The number of halogens is 2. The highest BCUT2D eigenvalue weighted by Crippen LogP contribution is 2.30. The smallest absolute Gasteiger partial charge is 0.226 e. The van der Waals surface area contributed by atoms with Crippen LogP contribution >= 0.6 is 23.2 Å². The number of fused-ring (bicyclic) bond motifs is 1. The molecule has 4 nitrogen and oxygen atoms in total. The van der Waals surface area contributed by atoms with E-state index in [2.05, 4.69) is 9.97 Å². The Morgan fingerprint density at radius 2 is 2.25 bits per heavy atom. The third-order valence-electron chi connectivity index (χ3n) is 3.28. The number of alkyl halides is 1. The molecule has 0 spiro atoms. The Bertz CT molecular complexity index is 615. The highest BCUT2D eigenvalue weighted by atomic mass is 35.5. The molecule has 1 aromatic heterocycles. The molecular formula is C14H14Cl2N2O2. The lowest BCUT2D eigenvalue weighted by Gasteiger charge is -2.13. The number of aromatic nitrogens is 2. The van der Waals surface area contributed by atoms with Crippen molar-refractivity contribution in [2.24, 2.45) is 5.92 Å². The van der Waals surface area contributed by atoms with E-state index >= 15 is 0 Å². The largest absolute Gasteiger partial charge is 0.477 e. The number of rotatable bonds is 4. The molecule has 1 unspecified atom stereocenters. The van der Waals surface area contributed by atoms with Crippen LogP contribution in [0.1, 0.15) is 12.2 Å². The molecule has 0 bridgehead atoms. The molecule has 0 N–H and O–H groups in total. The monoisotopic (exact) mass is 312 g/mol. The van der Waals surface area contributed by atoms with Crippen LogP contribution in [0, 0.1) is 5.92 Å². The summed E-state index contributed by atoms with van der Waals surface area (Å²) in [6.45, 7) is 2.10. The van der Waals surface area contributed by atoms with Crippen molar-refractivity contribution in [2.75, 3.05) is 19.8 Å². The Labute approximate surface area is 127 Å². The van der Waals surface area contributed by atoms with Gasteiger partial charge < -0.3 is 9.47 Å². The molecule has 1 fully saturated rings. The van der Waals surface area contributed by atoms with Gasteiger partial charge in [-0.1, -0.05) is 17.7 Å². The first-order chi connectivity index (χ1) is 9.78. The van der Waals surface area contributed by atoms with E-state index in [1.54, 1.807) is 6.07 Å². The van der Waals surface area contributed by atoms with E-state index in [9.17, 15) is 0 Å². The first-order valence-corrected chi connectivity index (χ1v) is 7.41. The molecule has 6 heteroatoms. The molecule has 1 aliphatic heterocycles. The zero-order valence-corrected chi connectivity index (χ0v) is 12.3. The Morgan fingerprint density at radius 1 is 1.35 bits per heavy atom. The highest BCUT2D eigenvalue weighted by Gasteiger charge is 2.18. The summed E-state index contributed by atoms with van der Waals surface area (Å²) in [5.41, 5.74) is 0.751. The molecule has 1 aromatic carbocycles. The van der Waals surface area contributed by atoms with Crippen LogP contribution in [-0.4, -0.2) is 29.8 Å². The predicted octanol–water partition coefficient (Wildman–Crippen LogP) is 3.44. The Morgan fingerprint density at radius 3 is 3.00 bits per heavy atom. The van der Waals surface area contributed by atoms with Gasteiger partial charge in [0, 0.05) is 12.5 Å². The molecule has 1 aliphatic rings. The van der Waals surface area contributed by atoms with Crippen LogP contribution in [0.2, 0.25) is 5.02 Å². The van der Waals surface area contributed by atoms with Crippen LogP contribution in [0.3, 0.4) is 0 Å². The van der Waals surface area contributed by atoms with Crippen LogP contribution in [0.5, 0.6) is 5.88 Å². The maximum atomic E-state index is 6.24. The predicted molar refractivity (Wildman–Crippen MR) is 78.5 cm³/mol. The van der Waals surface area contributed by atoms with Crippen molar-refractivity contribution in [1.29, 1.82) is 0 Å². The van der Waals surface area contributed by atoms with Crippen LogP contribution in [-0.2, 0) is 10.6 Å². The van der Waals surface area contributed by atoms with Gasteiger partial charge in [0.25, 0.3) is 0 Å². The molecule has 3 rings (SSSR count). The second-order valence-electron chi connectivity index (χ2n) is 4.75. The maximum Gasteiger partial charge on any atom is 0.226 e. The molecule has 2 aromatic rings. The van der Waals surface area contributed by atoms with Crippen LogP contribution in [0.4, 0.5) is 0 Å². The first kappa shape index (κ1) is 13.9. The summed E-state index contributed by atoms with van der Waals surface area (Å²) in [6, 6.07) is 5.54. The third-order valence-corrected chi connectivity index (χ3v) is 3.84. The second kappa shape index (κ2) is 6.12. The minimum absolute atomic E-state index is 0.241. The minimum atomic E-state index is 0.241. The normalized spacial score (nSPS) is 18.6. The summed E-state index contributed by atoms with van der Waals surface area (Å²) in [4.78, 5) is 8.71. The van der Waals surface area contributed by atoms with Gasteiger partial charge >= 0.3 is 0 Å². The van der Waals surface area contributed by atoms with Crippen LogP contribution < -0.4 is 4.74 Å². The van der Waals surface area contributed by atoms with Gasteiger partial charge in [-0.25, -0.2) is 4.98 Å². The summed E-state index contributed by atoms with van der Waals surface area (Å²) in [5.74, 6) is 1.69. The van der Waals surface area contributed by atoms with Crippen molar-refractivity contribution >= 4 is 34.1 Å². The molecule has 1 atom stereocenters. The summed E-state index contributed by atoms with van der Waals surface area (Å²) < 4.78 is 11.2. The second-order valence-corrected chi connectivity index (χ2v) is 5.43. The fraction of sp³-hybridized carbons (Fsp3) is 0.429. The Kier molecular flexibility index (Phi) is 4.24. The lowest BCUT2D eigenvalue weighted by molar-refractivity contribution is 0.166. The third kappa shape index (κ3) is 2.82. The average molecular weight is 313 g/mol. The van der Waals surface area contributed by atoms with E-state index in [4.69, 9.17) is 32.7 Å². The zero-order valence-electron chi connectivity index (χ0n) is 10.8. The number of hydrogen-bond acceptors (Lipinski definition) is 4. The molecular weight excluding hydrogens is 299 g/mol. The molecule has 106 valence electrons. The molecule has 2 heterocycles. The van der Waals surface area contributed by atoms with Gasteiger partial charge in [0.2, 0.25) is 5.88 Å². The van der Waals surface area contributed by atoms with E-state index in [0.717, 1.165) is 30.5 Å². The Balaban J connectivity index is 1.94. The summed E-state index contributed by atoms with van der Waals surface area (Å²) in [5, 5.41) is 1.32. The van der Waals surface area contributed by atoms with Crippen molar-refractivity contribution in [3.05, 3.63) is 29.0 Å². The van der Waals surface area contributed by atoms with Gasteiger partial charge in [0.15, 0.2) is 0 Å². The van der Waals surface area contributed by atoms with E-state index in [1.807, 2.05) is 12.1 Å². The fourth-order valence-electron chi connectivity index (χ4n) is 2.23. The molecule has 0 aliphatic carbocycles. The molecule has 1 saturated heterocycles. The SMILES string of the molecule is ClCc1nc(OCC2CCOC2)c2c(Cl)cccc2n1.